The molecule has 1 aliphatic heterocycles. The highest BCUT2D eigenvalue weighted by Gasteiger charge is 2.13. The van der Waals surface area contributed by atoms with Gasteiger partial charge >= 0.3 is 0 Å². The van der Waals surface area contributed by atoms with E-state index in [1.165, 1.54) is 5.57 Å². The number of hydrogen-bond donors (Lipinski definition) is 2. The van der Waals surface area contributed by atoms with Crippen LogP contribution in [0.15, 0.2) is 37.0 Å². The maximum atomic E-state index is 3.77. The molecule has 1 saturated heterocycles. The fraction of sp³-hybridized carbons (Fsp3) is 0.400. The van der Waals surface area contributed by atoms with Gasteiger partial charge in [-0.25, -0.2) is 0 Å². The molecule has 1 aliphatic rings. The fourth-order valence-corrected chi connectivity index (χ4v) is 1.35. The van der Waals surface area contributed by atoms with Crippen LogP contribution >= 0.6 is 0 Å². The molecule has 1 unspecified atom stereocenters. The maximum Gasteiger partial charge on any atom is 0.0446 e. The number of nitrogens with one attached hydrogen (secondary N) is 2. The minimum atomic E-state index is 0.397. The minimum absolute atomic E-state index is 0.397. The van der Waals surface area contributed by atoms with Crippen LogP contribution in [0, 0.1) is 0 Å². The molecule has 2 heteroatoms. The Bertz CT molecular complexity index is 188. The van der Waals surface area contributed by atoms with Crippen LogP contribution in [0.1, 0.15) is 0 Å². The Morgan fingerprint density at radius 1 is 1.33 bits per heavy atom. The van der Waals surface area contributed by atoms with Crippen molar-refractivity contribution in [2.75, 3.05) is 19.6 Å². The second-order valence-corrected chi connectivity index (χ2v) is 2.82. The van der Waals surface area contributed by atoms with Crippen molar-refractivity contribution in [1.29, 1.82) is 0 Å². The summed E-state index contributed by atoms with van der Waals surface area (Å²) in [6.07, 6.45) is 5.68. The Balaban J connectivity index is 2.57. The highest BCUT2D eigenvalue weighted by atomic mass is 15.1. The highest BCUT2D eigenvalue weighted by molar-refractivity contribution is 5.27. The number of hydrogen-bond acceptors (Lipinski definition) is 2. The van der Waals surface area contributed by atoms with E-state index in [1.807, 2.05) is 12.2 Å². The molecule has 0 radical (unpaired) electrons. The van der Waals surface area contributed by atoms with Gasteiger partial charge in [-0.3, -0.25) is 0 Å². The topological polar surface area (TPSA) is 24.1 Å². The highest BCUT2D eigenvalue weighted by Crippen LogP contribution is 2.04. The average molecular weight is 164 g/mol. The molecule has 2 N–H and O–H groups in total. The molecule has 1 fully saturated rings. The Kier molecular flexibility index (Phi) is 3.77. The summed E-state index contributed by atoms with van der Waals surface area (Å²) in [6.45, 7) is 10.5. The van der Waals surface area contributed by atoms with Gasteiger partial charge in [0.1, 0.15) is 0 Å². The quantitative estimate of drug-likeness (QED) is 0.604. The molecule has 0 aromatic carbocycles. The van der Waals surface area contributed by atoms with Gasteiger partial charge in [-0.05, 0) is 5.57 Å². The minimum Gasteiger partial charge on any atom is -0.314 e. The van der Waals surface area contributed by atoms with E-state index < -0.39 is 0 Å². The summed E-state index contributed by atoms with van der Waals surface area (Å²) in [6, 6.07) is 0.397. The zero-order chi connectivity index (χ0) is 8.81. The molecule has 0 aliphatic carbocycles. The van der Waals surface area contributed by atoms with E-state index in [0.717, 1.165) is 19.6 Å². The number of allylic oxidation sites excluding steroid dienone is 2. The number of piperazine rings is 1. The molecule has 0 bridgehead atoms. The first-order valence-corrected chi connectivity index (χ1v) is 4.27. The Morgan fingerprint density at radius 3 is 2.67 bits per heavy atom. The van der Waals surface area contributed by atoms with E-state index in [9.17, 15) is 0 Å². The second-order valence-electron chi connectivity index (χ2n) is 2.82. The van der Waals surface area contributed by atoms with Gasteiger partial charge in [-0.1, -0.05) is 31.4 Å². The summed E-state index contributed by atoms with van der Waals surface area (Å²) >= 11 is 0. The van der Waals surface area contributed by atoms with Crippen molar-refractivity contribution >= 4 is 0 Å². The van der Waals surface area contributed by atoms with Crippen LogP contribution in [0.4, 0.5) is 0 Å². The normalized spacial score (nSPS) is 25.0. The zero-order valence-electron chi connectivity index (χ0n) is 7.34. The molecule has 2 nitrogen and oxygen atoms in total. The Morgan fingerprint density at radius 2 is 2.17 bits per heavy atom. The van der Waals surface area contributed by atoms with Crippen molar-refractivity contribution in [1.82, 2.24) is 10.6 Å². The van der Waals surface area contributed by atoms with Gasteiger partial charge in [0.15, 0.2) is 0 Å². The molecule has 0 saturated carbocycles. The van der Waals surface area contributed by atoms with Gasteiger partial charge in [-0.2, -0.15) is 0 Å². The van der Waals surface area contributed by atoms with E-state index >= 15 is 0 Å². The maximum absolute atomic E-state index is 3.77. The van der Waals surface area contributed by atoms with Gasteiger partial charge in [0, 0.05) is 25.7 Å². The van der Waals surface area contributed by atoms with Crippen molar-refractivity contribution in [2.45, 2.75) is 6.04 Å². The van der Waals surface area contributed by atoms with Gasteiger partial charge in [0.25, 0.3) is 0 Å². The lowest BCUT2D eigenvalue weighted by Crippen LogP contribution is -2.48. The predicted octanol–water partition coefficient (Wildman–Crippen LogP) is 0.846. The molecule has 1 rings (SSSR count). The molecular weight excluding hydrogens is 148 g/mol. The van der Waals surface area contributed by atoms with E-state index in [0.29, 0.717) is 6.04 Å². The zero-order valence-corrected chi connectivity index (χ0v) is 7.34. The predicted molar refractivity (Wildman–Crippen MR) is 53.1 cm³/mol. The molecule has 0 aromatic heterocycles. The summed E-state index contributed by atoms with van der Waals surface area (Å²) in [4.78, 5) is 0. The van der Waals surface area contributed by atoms with Crippen LogP contribution in [0.2, 0.25) is 0 Å². The van der Waals surface area contributed by atoms with E-state index in [4.69, 9.17) is 0 Å². The first-order chi connectivity index (χ1) is 5.88. The van der Waals surface area contributed by atoms with Crippen molar-refractivity contribution in [3.63, 3.8) is 0 Å². The summed E-state index contributed by atoms with van der Waals surface area (Å²) in [5.74, 6) is 0. The lowest BCUT2D eigenvalue weighted by Gasteiger charge is -2.25. The molecule has 12 heavy (non-hydrogen) atoms. The first-order valence-electron chi connectivity index (χ1n) is 4.27. The SMILES string of the molecule is C=C/C=C(\C=C)C1CNCCN1. The molecule has 1 heterocycles. The third kappa shape index (κ3) is 2.32. The summed E-state index contributed by atoms with van der Waals surface area (Å²) < 4.78 is 0. The average Bonchev–Trinajstić information content (AvgIpc) is 2.15. The standard InChI is InChI=1S/C10H16N2/c1-3-5-9(4-2)10-8-11-6-7-12-10/h3-5,10-12H,1-2,6-8H2/b9-5+. The van der Waals surface area contributed by atoms with Gasteiger partial charge in [0.2, 0.25) is 0 Å². The van der Waals surface area contributed by atoms with Crippen LogP contribution in [0.25, 0.3) is 0 Å². The monoisotopic (exact) mass is 164 g/mol. The second kappa shape index (κ2) is 4.91. The van der Waals surface area contributed by atoms with Crippen LogP contribution < -0.4 is 10.6 Å². The van der Waals surface area contributed by atoms with Crippen LogP contribution in [0.3, 0.4) is 0 Å². The molecule has 66 valence electrons. The van der Waals surface area contributed by atoms with Gasteiger partial charge < -0.3 is 10.6 Å². The van der Waals surface area contributed by atoms with Gasteiger partial charge in [-0.15, -0.1) is 0 Å². The van der Waals surface area contributed by atoms with E-state index in [2.05, 4.69) is 23.8 Å². The smallest absolute Gasteiger partial charge is 0.0446 e. The fourth-order valence-electron chi connectivity index (χ4n) is 1.35. The third-order valence-corrected chi connectivity index (χ3v) is 1.99. The van der Waals surface area contributed by atoms with Crippen molar-refractivity contribution in [3.8, 4) is 0 Å². The molecule has 1 atom stereocenters. The van der Waals surface area contributed by atoms with E-state index in [1.54, 1.807) is 6.08 Å². The van der Waals surface area contributed by atoms with Gasteiger partial charge in [0.05, 0.1) is 0 Å². The summed E-state index contributed by atoms with van der Waals surface area (Å²) in [5, 5.41) is 6.73. The molecular formula is C10H16N2. The number of rotatable bonds is 3. The lowest BCUT2D eigenvalue weighted by atomic mass is 10.1. The van der Waals surface area contributed by atoms with Crippen molar-refractivity contribution in [2.24, 2.45) is 0 Å². The molecule has 0 amide bonds. The third-order valence-electron chi connectivity index (χ3n) is 1.99. The Hall–Kier alpha value is -0.860. The van der Waals surface area contributed by atoms with Crippen molar-refractivity contribution in [3.05, 3.63) is 37.0 Å². The van der Waals surface area contributed by atoms with E-state index in [-0.39, 0.29) is 0 Å². The van der Waals surface area contributed by atoms with Crippen LogP contribution in [-0.2, 0) is 0 Å². The molecule has 0 aromatic rings. The van der Waals surface area contributed by atoms with Crippen LogP contribution in [-0.4, -0.2) is 25.7 Å². The lowest BCUT2D eigenvalue weighted by molar-refractivity contribution is 0.461. The Labute approximate surface area is 74.0 Å². The van der Waals surface area contributed by atoms with Crippen LogP contribution in [0.5, 0.6) is 0 Å². The largest absolute Gasteiger partial charge is 0.314 e. The summed E-state index contributed by atoms with van der Waals surface area (Å²) in [7, 11) is 0. The van der Waals surface area contributed by atoms with Crippen molar-refractivity contribution < 1.29 is 0 Å². The first kappa shape index (κ1) is 9.23. The summed E-state index contributed by atoms with van der Waals surface area (Å²) in [5.41, 5.74) is 1.21. The molecule has 0 spiro atoms.